The molecule has 7 heteroatoms. The van der Waals surface area contributed by atoms with Crippen LogP contribution in [0.4, 0.5) is 0 Å². The minimum Gasteiger partial charge on any atom is -0.448 e. The molecule has 1 aromatic carbocycles. The van der Waals surface area contributed by atoms with E-state index >= 15 is 0 Å². The molecule has 1 aliphatic rings. The summed E-state index contributed by atoms with van der Waals surface area (Å²) in [6, 6.07) is 6.86. The minimum absolute atomic E-state index is 0.0661. The van der Waals surface area contributed by atoms with Crippen LogP contribution in [0.5, 0.6) is 0 Å². The molecule has 0 bridgehead atoms. The van der Waals surface area contributed by atoms with E-state index in [0.717, 1.165) is 25.7 Å². The summed E-state index contributed by atoms with van der Waals surface area (Å²) in [6.07, 6.45) is 3.28. The van der Waals surface area contributed by atoms with Crippen molar-refractivity contribution in [1.82, 2.24) is 14.7 Å². The summed E-state index contributed by atoms with van der Waals surface area (Å²) in [6.45, 7) is 7.33. The van der Waals surface area contributed by atoms with Crippen molar-refractivity contribution in [3.63, 3.8) is 0 Å². The second kappa shape index (κ2) is 9.20. The standard InChI is InChI=1S/C22H29N3O4/c1-15(2)14-25-21(27)18-11-7-6-10-17(18)19(23-25)22(28)29-16(3)20(26)24-12-8-4-5-9-13-24/h6-7,10-11,15-16H,4-5,8-9,12-14H2,1-3H3/t16-/m1/s1. The van der Waals surface area contributed by atoms with Crippen molar-refractivity contribution < 1.29 is 14.3 Å². The number of ether oxygens (including phenoxy) is 1. The van der Waals surface area contributed by atoms with Crippen LogP contribution in [-0.2, 0) is 16.1 Å². The molecule has 1 atom stereocenters. The van der Waals surface area contributed by atoms with Crippen molar-refractivity contribution in [3.8, 4) is 0 Å². The third kappa shape index (κ3) is 4.83. The molecule has 0 saturated carbocycles. The largest absolute Gasteiger partial charge is 0.448 e. The lowest BCUT2D eigenvalue weighted by molar-refractivity contribution is -0.139. The summed E-state index contributed by atoms with van der Waals surface area (Å²) >= 11 is 0. The molecule has 0 aliphatic carbocycles. The van der Waals surface area contributed by atoms with E-state index in [0.29, 0.717) is 30.4 Å². The molecule has 1 fully saturated rings. The second-order valence-corrected chi connectivity index (χ2v) is 8.06. The molecule has 1 aliphatic heterocycles. The molecule has 0 N–H and O–H groups in total. The number of likely N-dealkylation sites (tertiary alicyclic amines) is 1. The number of amides is 1. The van der Waals surface area contributed by atoms with Crippen LogP contribution in [0.3, 0.4) is 0 Å². The van der Waals surface area contributed by atoms with Crippen LogP contribution in [0, 0.1) is 5.92 Å². The summed E-state index contributed by atoms with van der Waals surface area (Å²) in [4.78, 5) is 40.1. The first kappa shape index (κ1) is 21.0. The van der Waals surface area contributed by atoms with Gasteiger partial charge in [0.1, 0.15) is 0 Å². The molecular formula is C22H29N3O4. The van der Waals surface area contributed by atoms with Crippen molar-refractivity contribution in [2.75, 3.05) is 13.1 Å². The Kier molecular flexibility index (Phi) is 6.67. The van der Waals surface area contributed by atoms with E-state index in [9.17, 15) is 14.4 Å². The number of fused-ring (bicyclic) bond motifs is 1. The number of aromatic nitrogens is 2. The van der Waals surface area contributed by atoms with Crippen molar-refractivity contribution in [3.05, 3.63) is 40.3 Å². The molecular weight excluding hydrogens is 370 g/mol. The average molecular weight is 399 g/mol. The Hall–Kier alpha value is -2.70. The predicted octanol–water partition coefficient (Wildman–Crippen LogP) is 3.00. The predicted molar refractivity (Wildman–Crippen MR) is 111 cm³/mol. The van der Waals surface area contributed by atoms with Gasteiger partial charge in [-0.3, -0.25) is 9.59 Å². The number of rotatable bonds is 5. The molecule has 2 aromatic rings. The molecule has 0 unspecified atom stereocenters. The van der Waals surface area contributed by atoms with Crippen molar-refractivity contribution in [2.45, 2.75) is 59.1 Å². The Morgan fingerprint density at radius 1 is 1.03 bits per heavy atom. The molecule has 2 heterocycles. The third-order valence-electron chi connectivity index (χ3n) is 5.15. The number of nitrogens with zero attached hydrogens (tertiary/aromatic N) is 3. The quantitative estimate of drug-likeness (QED) is 0.722. The lowest BCUT2D eigenvalue weighted by Crippen LogP contribution is -2.40. The van der Waals surface area contributed by atoms with Crippen LogP contribution in [0.2, 0.25) is 0 Å². The molecule has 7 nitrogen and oxygen atoms in total. The highest BCUT2D eigenvalue weighted by Gasteiger charge is 2.27. The van der Waals surface area contributed by atoms with E-state index in [1.165, 1.54) is 4.68 Å². The van der Waals surface area contributed by atoms with Crippen LogP contribution < -0.4 is 5.56 Å². The Labute approximate surface area is 170 Å². The van der Waals surface area contributed by atoms with Crippen LogP contribution in [0.25, 0.3) is 10.8 Å². The molecule has 0 spiro atoms. The van der Waals surface area contributed by atoms with Crippen LogP contribution in [-0.4, -0.2) is 45.8 Å². The summed E-state index contributed by atoms with van der Waals surface area (Å²) in [5.41, 5.74) is -0.170. The lowest BCUT2D eigenvalue weighted by atomic mass is 10.1. The van der Waals surface area contributed by atoms with Crippen molar-refractivity contribution in [2.24, 2.45) is 5.92 Å². The fourth-order valence-electron chi connectivity index (χ4n) is 3.67. The summed E-state index contributed by atoms with van der Waals surface area (Å²) in [5, 5.41) is 5.14. The minimum atomic E-state index is -0.897. The molecule has 1 saturated heterocycles. The molecule has 3 rings (SSSR count). The van der Waals surface area contributed by atoms with Crippen LogP contribution >= 0.6 is 0 Å². The zero-order chi connectivity index (χ0) is 21.0. The zero-order valence-electron chi connectivity index (χ0n) is 17.4. The monoisotopic (exact) mass is 399 g/mol. The summed E-state index contributed by atoms with van der Waals surface area (Å²) in [5.74, 6) is -0.678. The molecule has 1 amide bonds. The topological polar surface area (TPSA) is 81.5 Å². The highest BCUT2D eigenvalue weighted by atomic mass is 16.5. The van der Waals surface area contributed by atoms with Gasteiger partial charge in [-0.1, -0.05) is 44.9 Å². The fourth-order valence-corrected chi connectivity index (χ4v) is 3.67. The van der Waals surface area contributed by atoms with Crippen molar-refractivity contribution in [1.29, 1.82) is 0 Å². The number of benzene rings is 1. The van der Waals surface area contributed by atoms with Gasteiger partial charge in [0.15, 0.2) is 11.8 Å². The van der Waals surface area contributed by atoms with E-state index < -0.39 is 12.1 Å². The van der Waals surface area contributed by atoms with Gasteiger partial charge in [0.2, 0.25) is 0 Å². The van der Waals surface area contributed by atoms with Crippen LogP contribution in [0.1, 0.15) is 56.9 Å². The summed E-state index contributed by atoms with van der Waals surface area (Å²) < 4.78 is 6.80. The van der Waals surface area contributed by atoms with Gasteiger partial charge in [-0.2, -0.15) is 5.10 Å². The number of carbonyl (C=O) groups excluding carboxylic acids is 2. The number of esters is 1. The van der Waals surface area contributed by atoms with Gasteiger partial charge in [0.25, 0.3) is 11.5 Å². The first-order valence-corrected chi connectivity index (χ1v) is 10.4. The fraction of sp³-hybridized carbons (Fsp3) is 0.545. The number of carbonyl (C=O) groups is 2. The van der Waals surface area contributed by atoms with Gasteiger partial charge in [0.05, 0.1) is 5.39 Å². The Morgan fingerprint density at radius 3 is 2.28 bits per heavy atom. The molecule has 156 valence electrons. The van der Waals surface area contributed by atoms with Gasteiger partial charge in [-0.15, -0.1) is 0 Å². The van der Waals surface area contributed by atoms with Gasteiger partial charge >= 0.3 is 5.97 Å². The number of hydrogen-bond acceptors (Lipinski definition) is 5. The van der Waals surface area contributed by atoms with Gasteiger partial charge in [-0.05, 0) is 31.7 Å². The second-order valence-electron chi connectivity index (χ2n) is 8.06. The van der Waals surface area contributed by atoms with E-state index in [2.05, 4.69) is 5.10 Å². The van der Waals surface area contributed by atoms with E-state index in [1.54, 1.807) is 36.1 Å². The van der Waals surface area contributed by atoms with E-state index in [-0.39, 0.29) is 23.1 Å². The SMILES string of the molecule is CC(C)Cn1nc(C(=O)O[C@H](C)C(=O)N2CCCCCC2)c2ccccc2c1=O. The summed E-state index contributed by atoms with van der Waals surface area (Å²) in [7, 11) is 0. The van der Waals surface area contributed by atoms with Gasteiger partial charge in [0, 0.05) is 25.0 Å². The maximum atomic E-state index is 12.9. The Balaban J connectivity index is 1.87. The smallest absolute Gasteiger partial charge is 0.360 e. The highest BCUT2D eigenvalue weighted by Crippen LogP contribution is 2.17. The molecule has 0 radical (unpaired) electrons. The molecule has 29 heavy (non-hydrogen) atoms. The normalized spacial score (nSPS) is 15.9. The maximum absolute atomic E-state index is 12.9. The molecule has 1 aromatic heterocycles. The van der Waals surface area contributed by atoms with Gasteiger partial charge < -0.3 is 9.64 Å². The maximum Gasteiger partial charge on any atom is 0.360 e. The lowest BCUT2D eigenvalue weighted by Gasteiger charge is -2.24. The zero-order valence-corrected chi connectivity index (χ0v) is 17.4. The first-order valence-electron chi connectivity index (χ1n) is 10.4. The average Bonchev–Trinajstić information content (AvgIpc) is 2.98. The van der Waals surface area contributed by atoms with E-state index in [1.807, 2.05) is 13.8 Å². The Morgan fingerprint density at radius 2 is 1.66 bits per heavy atom. The van der Waals surface area contributed by atoms with Crippen LogP contribution in [0.15, 0.2) is 29.1 Å². The van der Waals surface area contributed by atoms with Crippen molar-refractivity contribution >= 4 is 22.6 Å². The third-order valence-corrected chi connectivity index (χ3v) is 5.15. The Bertz CT molecular complexity index is 943. The van der Waals surface area contributed by atoms with E-state index in [4.69, 9.17) is 4.74 Å². The highest BCUT2D eigenvalue weighted by molar-refractivity contribution is 6.02. The van der Waals surface area contributed by atoms with Gasteiger partial charge in [-0.25, -0.2) is 9.48 Å². The first-order chi connectivity index (χ1) is 13.9. The number of hydrogen-bond donors (Lipinski definition) is 0.